The Balaban J connectivity index is 1.71. The first-order chi connectivity index (χ1) is 9.16. The van der Waals surface area contributed by atoms with Crippen molar-refractivity contribution in [3.63, 3.8) is 0 Å². The van der Waals surface area contributed by atoms with E-state index in [0.29, 0.717) is 0 Å². The molecule has 0 aromatic carbocycles. The molecular weight excluding hydrogens is 242 g/mol. The number of hydrogen-bond donors (Lipinski definition) is 1. The fraction of sp³-hybridized carbons (Fsp3) is 0.769. The summed E-state index contributed by atoms with van der Waals surface area (Å²) < 4.78 is 1.69. The van der Waals surface area contributed by atoms with Crippen LogP contribution in [0.3, 0.4) is 0 Å². The van der Waals surface area contributed by atoms with Crippen LogP contribution in [-0.2, 0) is 18.3 Å². The Bertz CT molecular complexity index is 411. The highest BCUT2D eigenvalue weighted by Gasteiger charge is 2.21. The van der Waals surface area contributed by atoms with Gasteiger partial charge in [0.1, 0.15) is 6.33 Å². The van der Waals surface area contributed by atoms with Crippen LogP contribution in [0.5, 0.6) is 0 Å². The molecule has 19 heavy (non-hydrogen) atoms. The fourth-order valence-electron chi connectivity index (χ4n) is 2.37. The van der Waals surface area contributed by atoms with Crippen LogP contribution in [0.1, 0.15) is 32.0 Å². The molecular formula is C13H23N5O. The lowest BCUT2D eigenvalue weighted by Crippen LogP contribution is -2.47. The highest BCUT2D eigenvalue weighted by atomic mass is 16.2. The molecule has 2 heterocycles. The minimum Gasteiger partial charge on any atom is -0.341 e. The summed E-state index contributed by atoms with van der Waals surface area (Å²) >= 11 is 0. The van der Waals surface area contributed by atoms with Gasteiger partial charge in [-0.05, 0) is 26.2 Å². The van der Waals surface area contributed by atoms with Crippen LogP contribution in [-0.4, -0.2) is 51.2 Å². The van der Waals surface area contributed by atoms with E-state index in [1.54, 1.807) is 11.0 Å². The zero-order chi connectivity index (χ0) is 13.7. The topological polar surface area (TPSA) is 63.1 Å². The van der Waals surface area contributed by atoms with Crippen molar-refractivity contribution in [3.05, 3.63) is 12.2 Å². The summed E-state index contributed by atoms with van der Waals surface area (Å²) in [7, 11) is 1.85. The standard InChI is InChI=1S/C13H23N5O/c1-11(13(19)18-8-4-3-5-9-18)14-7-6-12-15-10-17(2)16-12/h10-11,14H,3-9H2,1-2H3. The third-order valence-electron chi connectivity index (χ3n) is 3.48. The fourth-order valence-corrected chi connectivity index (χ4v) is 2.37. The smallest absolute Gasteiger partial charge is 0.239 e. The van der Waals surface area contributed by atoms with Crippen molar-refractivity contribution in [2.45, 2.75) is 38.6 Å². The molecule has 1 aromatic rings. The number of carbonyl (C=O) groups excluding carboxylic acids is 1. The molecule has 1 saturated heterocycles. The lowest BCUT2D eigenvalue weighted by atomic mass is 10.1. The predicted octanol–water partition coefficient (Wildman–Crippen LogP) is 0.348. The number of aromatic nitrogens is 3. The molecule has 0 bridgehead atoms. The Morgan fingerprint density at radius 3 is 2.79 bits per heavy atom. The maximum absolute atomic E-state index is 12.2. The highest BCUT2D eigenvalue weighted by molar-refractivity contribution is 5.81. The Morgan fingerprint density at radius 1 is 1.42 bits per heavy atom. The van der Waals surface area contributed by atoms with Gasteiger partial charge in [-0.3, -0.25) is 9.48 Å². The number of nitrogens with one attached hydrogen (secondary N) is 1. The lowest BCUT2D eigenvalue weighted by molar-refractivity contribution is -0.133. The minimum atomic E-state index is -0.123. The minimum absolute atomic E-state index is 0.123. The molecule has 1 amide bonds. The maximum Gasteiger partial charge on any atom is 0.239 e. The number of piperidine rings is 1. The van der Waals surface area contributed by atoms with E-state index in [0.717, 1.165) is 44.7 Å². The first kappa shape index (κ1) is 14.0. The van der Waals surface area contributed by atoms with Gasteiger partial charge in [0.05, 0.1) is 6.04 Å². The SMILES string of the molecule is CC(NCCc1ncn(C)n1)C(=O)N1CCCCC1. The lowest BCUT2D eigenvalue weighted by Gasteiger charge is -2.29. The van der Waals surface area contributed by atoms with E-state index < -0.39 is 0 Å². The van der Waals surface area contributed by atoms with Gasteiger partial charge >= 0.3 is 0 Å². The summed E-state index contributed by atoms with van der Waals surface area (Å²) in [5, 5.41) is 7.47. The quantitative estimate of drug-likeness (QED) is 0.834. The molecule has 1 aliphatic heterocycles. The van der Waals surface area contributed by atoms with Gasteiger partial charge in [0.2, 0.25) is 5.91 Å². The summed E-state index contributed by atoms with van der Waals surface area (Å²) in [5.41, 5.74) is 0. The van der Waals surface area contributed by atoms with Crippen molar-refractivity contribution >= 4 is 5.91 Å². The van der Waals surface area contributed by atoms with E-state index in [1.165, 1.54) is 6.42 Å². The molecule has 1 fully saturated rings. The average molecular weight is 265 g/mol. The van der Waals surface area contributed by atoms with Gasteiger partial charge in [0, 0.05) is 33.1 Å². The normalized spacial score (nSPS) is 17.5. The Hall–Kier alpha value is -1.43. The van der Waals surface area contributed by atoms with Crippen LogP contribution in [0.2, 0.25) is 0 Å². The number of likely N-dealkylation sites (tertiary alicyclic amines) is 1. The second kappa shape index (κ2) is 6.65. The summed E-state index contributed by atoms with van der Waals surface area (Å²) in [5.74, 6) is 1.03. The molecule has 6 nitrogen and oxygen atoms in total. The summed E-state index contributed by atoms with van der Waals surface area (Å²) in [6.45, 7) is 4.48. The first-order valence-corrected chi connectivity index (χ1v) is 7.03. The van der Waals surface area contributed by atoms with E-state index >= 15 is 0 Å². The van der Waals surface area contributed by atoms with Crippen molar-refractivity contribution in [3.8, 4) is 0 Å². The highest BCUT2D eigenvalue weighted by Crippen LogP contribution is 2.09. The third-order valence-corrected chi connectivity index (χ3v) is 3.48. The Kier molecular flexibility index (Phi) is 4.90. The second-order valence-electron chi connectivity index (χ2n) is 5.15. The molecule has 1 aliphatic rings. The van der Waals surface area contributed by atoms with Crippen LogP contribution in [0.15, 0.2) is 6.33 Å². The van der Waals surface area contributed by atoms with E-state index in [4.69, 9.17) is 0 Å². The summed E-state index contributed by atoms with van der Waals surface area (Å²) in [6, 6.07) is -0.123. The van der Waals surface area contributed by atoms with Crippen LogP contribution in [0.25, 0.3) is 0 Å². The van der Waals surface area contributed by atoms with E-state index in [2.05, 4.69) is 15.4 Å². The predicted molar refractivity (Wildman–Crippen MR) is 72.6 cm³/mol. The van der Waals surface area contributed by atoms with Gasteiger partial charge in [-0.15, -0.1) is 0 Å². The number of amides is 1. The Morgan fingerprint density at radius 2 is 2.16 bits per heavy atom. The van der Waals surface area contributed by atoms with Crippen molar-refractivity contribution in [1.29, 1.82) is 0 Å². The molecule has 0 spiro atoms. The van der Waals surface area contributed by atoms with Gasteiger partial charge in [-0.2, -0.15) is 5.10 Å². The first-order valence-electron chi connectivity index (χ1n) is 7.03. The average Bonchev–Trinajstić information content (AvgIpc) is 2.84. The van der Waals surface area contributed by atoms with Crippen LogP contribution >= 0.6 is 0 Å². The number of nitrogens with zero attached hydrogens (tertiary/aromatic N) is 4. The Labute approximate surface area is 114 Å². The zero-order valence-corrected chi connectivity index (χ0v) is 11.8. The third kappa shape index (κ3) is 4.02. The van der Waals surface area contributed by atoms with Gasteiger partial charge in [-0.1, -0.05) is 0 Å². The molecule has 0 aliphatic carbocycles. The maximum atomic E-state index is 12.2. The molecule has 2 rings (SSSR count). The number of carbonyl (C=O) groups is 1. The van der Waals surface area contributed by atoms with Crippen molar-refractivity contribution in [2.75, 3.05) is 19.6 Å². The summed E-state index contributed by atoms with van der Waals surface area (Å²) in [4.78, 5) is 18.3. The molecule has 1 aromatic heterocycles. The molecule has 0 radical (unpaired) electrons. The van der Waals surface area contributed by atoms with E-state index in [9.17, 15) is 4.79 Å². The monoisotopic (exact) mass is 265 g/mol. The molecule has 1 unspecified atom stereocenters. The molecule has 0 saturated carbocycles. The van der Waals surface area contributed by atoms with Gasteiger partial charge in [-0.25, -0.2) is 4.98 Å². The van der Waals surface area contributed by atoms with Gasteiger partial charge in [0.15, 0.2) is 5.82 Å². The van der Waals surface area contributed by atoms with E-state index in [-0.39, 0.29) is 11.9 Å². The zero-order valence-electron chi connectivity index (χ0n) is 11.8. The number of rotatable bonds is 5. The molecule has 106 valence electrons. The second-order valence-corrected chi connectivity index (χ2v) is 5.15. The number of aryl methyl sites for hydroxylation is 1. The summed E-state index contributed by atoms with van der Waals surface area (Å²) in [6.07, 6.45) is 5.96. The van der Waals surface area contributed by atoms with Crippen LogP contribution in [0, 0.1) is 0 Å². The van der Waals surface area contributed by atoms with Crippen molar-refractivity contribution in [1.82, 2.24) is 25.0 Å². The van der Waals surface area contributed by atoms with Crippen LogP contribution < -0.4 is 5.32 Å². The largest absolute Gasteiger partial charge is 0.341 e. The van der Waals surface area contributed by atoms with E-state index in [1.807, 2.05) is 18.9 Å². The van der Waals surface area contributed by atoms with Crippen molar-refractivity contribution in [2.24, 2.45) is 7.05 Å². The van der Waals surface area contributed by atoms with Crippen molar-refractivity contribution < 1.29 is 4.79 Å². The van der Waals surface area contributed by atoms with Crippen LogP contribution in [0.4, 0.5) is 0 Å². The van der Waals surface area contributed by atoms with Gasteiger partial charge in [0.25, 0.3) is 0 Å². The molecule has 6 heteroatoms. The molecule has 1 N–H and O–H groups in total. The molecule has 1 atom stereocenters. The van der Waals surface area contributed by atoms with Gasteiger partial charge < -0.3 is 10.2 Å². The number of hydrogen-bond acceptors (Lipinski definition) is 4.